The van der Waals surface area contributed by atoms with Crippen molar-refractivity contribution >= 4 is 34.8 Å². The van der Waals surface area contributed by atoms with Crippen LogP contribution in [0.25, 0.3) is 0 Å². The summed E-state index contributed by atoms with van der Waals surface area (Å²) in [5, 5.41) is 3.86. The largest absolute Gasteiger partial charge is 0.489 e. The normalized spacial score (nSPS) is 17.7. The van der Waals surface area contributed by atoms with Crippen molar-refractivity contribution in [3.8, 4) is 5.75 Å². The molecule has 0 unspecified atom stereocenters. The second-order valence-electron chi connectivity index (χ2n) is 8.04. The first-order valence-electron chi connectivity index (χ1n) is 11.2. The Morgan fingerprint density at radius 2 is 1.71 bits per heavy atom. The number of morpholine rings is 1. The van der Waals surface area contributed by atoms with Gasteiger partial charge in [-0.3, -0.25) is 14.5 Å². The molecule has 5 rings (SSSR count). The predicted octanol–water partition coefficient (Wildman–Crippen LogP) is 4.29. The number of nitrogens with zero attached hydrogens (tertiary/aromatic N) is 2. The van der Waals surface area contributed by atoms with Crippen LogP contribution in [0.3, 0.4) is 0 Å². The molecule has 2 aliphatic heterocycles. The Morgan fingerprint density at radius 3 is 2.53 bits per heavy atom. The molecule has 8 heteroatoms. The van der Waals surface area contributed by atoms with Crippen LogP contribution in [-0.2, 0) is 4.74 Å². The number of hydrogen-bond donors (Lipinski definition) is 1. The van der Waals surface area contributed by atoms with E-state index in [1.54, 1.807) is 40.1 Å². The number of benzene rings is 3. The van der Waals surface area contributed by atoms with Gasteiger partial charge < -0.3 is 19.7 Å². The van der Waals surface area contributed by atoms with Gasteiger partial charge in [-0.05, 0) is 36.4 Å². The van der Waals surface area contributed by atoms with Gasteiger partial charge in [0.2, 0.25) is 0 Å². The first kappa shape index (κ1) is 22.3. The van der Waals surface area contributed by atoms with E-state index in [1.807, 2.05) is 42.5 Å². The molecule has 1 saturated heterocycles. The van der Waals surface area contributed by atoms with Gasteiger partial charge in [0.25, 0.3) is 11.8 Å². The van der Waals surface area contributed by atoms with Crippen molar-refractivity contribution in [3.05, 3.63) is 88.9 Å². The summed E-state index contributed by atoms with van der Waals surface area (Å²) in [5.41, 5.74) is 2.35. The van der Waals surface area contributed by atoms with Crippen molar-refractivity contribution in [2.45, 2.75) is 6.17 Å². The summed E-state index contributed by atoms with van der Waals surface area (Å²) in [4.78, 5) is 30.0. The first-order valence-corrected chi connectivity index (χ1v) is 11.5. The molecule has 1 N–H and O–H groups in total. The van der Waals surface area contributed by atoms with Crippen LogP contribution < -0.4 is 15.0 Å². The van der Waals surface area contributed by atoms with Gasteiger partial charge in [-0.25, -0.2) is 0 Å². The van der Waals surface area contributed by atoms with Gasteiger partial charge >= 0.3 is 0 Å². The Bertz CT molecular complexity index is 1210. The minimum Gasteiger partial charge on any atom is -0.489 e. The van der Waals surface area contributed by atoms with Crippen molar-refractivity contribution in [3.63, 3.8) is 0 Å². The molecular formula is C26H24ClN3O4. The zero-order valence-electron chi connectivity index (χ0n) is 18.4. The fraction of sp³-hybridized carbons (Fsp3) is 0.231. The zero-order valence-corrected chi connectivity index (χ0v) is 19.2. The highest BCUT2D eigenvalue weighted by Crippen LogP contribution is 2.34. The molecule has 1 atom stereocenters. The lowest BCUT2D eigenvalue weighted by Gasteiger charge is -2.38. The number of rotatable bonds is 5. The number of ether oxygens (including phenoxy) is 2. The molecule has 0 aromatic heterocycles. The average molecular weight is 478 g/mol. The summed E-state index contributed by atoms with van der Waals surface area (Å²) < 4.78 is 11.5. The van der Waals surface area contributed by atoms with Gasteiger partial charge in [0.05, 0.1) is 35.1 Å². The zero-order chi connectivity index (χ0) is 23.5. The number of amides is 2. The maximum atomic E-state index is 13.5. The van der Waals surface area contributed by atoms with E-state index in [0.29, 0.717) is 53.9 Å². The van der Waals surface area contributed by atoms with E-state index in [-0.39, 0.29) is 18.4 Å². The topological polar surface area (TPSA) is 71.1 Å². The summed E-state index contributed by atoms with van der Waals surface area (Å²) in [6.45, 7) is 2.24. The third-order valence-electron chi connectivity index (χ3n) is 5.93. The van der Waals surface area contributed by atoms with Crippen LogP contribution >= 0.6 is 11.6 Å². The van der Waals surface area contributed by atoms with Gasteiger partial charge in [0.1, 0.15) is 18.5 Å². The quantitative estimate of drug-likeness (QED) is 0.593. The van der Waals surface area contributed by atoms with Crippen molar-refractivity contribution < 1.29 is 19.1 Å². The number of fused-ring (bicyclic) bond motifs is 1. The number of carbonyl (C=O) groups is 2. The lowest BCUT2D eigenvalue weighted by Crippen LogP contribution is -2.52. The summed E-state index contributed by atoms with van der Waals surface area (Å²) in [5.74, 6) is 0.194. The lowest BCUT2D eigenvalue weighted by molar-refractivity contribution is 0.0300. The number of para-hydroxylation sites is 3. The van der Waals surface area contributed by atoms with Crippen LogP contribution in [0.1, 0.15) is 20.7 Å². The maximum Gasteiger partial charge on any atom is 0.262 e. The highest BCUT2D eigenvalue weighted by atomic mass is 35.5. The minimum atomic E-state index is -0.533. The SMILES string of the molecule is O=C(c1ccccc1OC[C@H]1Nc2ccccc2C(=O)N1c1ccccc1Cl)N1CCOCC1. The molecule has 0 bridgehead atoms. The Hall–Kier alpha value is -3.55. The lowest BCUT2D eigenvalue weighted by atomic mass is 10.1. The number of anilines is 2. The molecule has 0 saturated carbocycles. The summed E-state index contributed by atoms with van der Waals surface area (Å²) in [7, 11) is 0. The van der Waals surface area contributed by atoms with E-state index >= 15 is 0 Å². The Labute approximate surface area is 202 Å². The molecule has 1 fully saturated rings. The number of halogens is 1. The minimum absolute atomic E-state index is 0.0973. The Kier molecular flexibility index (Phi) is 6.38. The van der Waals surface area contributed by atoms with Crippen LogP contribution in [0.2, 0.25) is 5.02 Å². The maximum absolute atomic E-state index is 13.5. The first-order chi connectivity index (χ1) is 16.6. The second-order valence-corrected chi connectivity index (χ2v) is 8.45. The third-order valence-corrected chi connectivity index (χ3v) is 6.25. The van der Waals surface area contributed by atoms with E-state index in [2.05, 4.69) is 5.32 Å². The smallest absolute Gasteiger partial charge is 0.262 e. The van der Waals surface area contributed by atoms with Crippen molar-refractivity contribution in [1.29, 1.82) is 0 Å². The second kappa shape index (κ2) is 9.75. The number of hydrogen-bond acceptors (Lipinski definition) is 5. The van der Waals surface area contributed by atoms with Crippen LogP contribution in [-0.4, -0.2) is 55.8 Å². The molecule has 3 aromatic rings. The fourth-order valence-corrected chi connectivity index (χ4v) is 4.45. The molecule has 2 amide bonds. The fourth-order valence-electron chi connectivity index (χ4n) is 4.23. The van der Waals surface area contributed by atoms with Gasteiger partial charge in [-0.1, -0.05) is 48.0 Å². The summed E-state index contributed by atoms with van der Waals surface area (Å²) >= 11 is 6.46. The van der Waals surface area contributed by atoms with Crippen LogP contribution in [0, 0.1) is 0 Å². The van der Waals surface area contributed by atoms with Gasteiger partial charge in [-0.2, -0.15) is 0 Å². The van der Waals surface area contributed by atoms with Crippen molar-refractivity contribution in [1.82, 2.24) is 4.90 Å². The summed E-state index contributed by atoms with van der Waals surface area (Å²) in [6.07, 6.45) is -0.533. The molecule has 0 aliphatic carbocycles. The standard InChI is InChI=1S/C26H24ClN3O4/c27-20-9-3-5-11-22(20)30-24(28-21-10-4-1-7-18(21)26(30)32)17-34-23-12-6-2-8-19(23)25(31)29-13-15-33-16-14-29/h1-12,24,28H,13-17H2/t24-/m0/s1. The molecule has 2 aliphatic rings. The molecule has 174 valence electrons. The molecule has 3 aromatic carbocycles. The average Bonchev–Trinajstić information content (AvgIpc) is 2.88. The van der Waals surface area contributed by atoms with Crippen LogP contribution in [0.15, 0.2) is 72.8 Å². The van der Waals surface area contributed by atoms with Gasteiger partial charge in [0.15, 0.2) is 0 Å². The van der Waals surface area contributed by atoms with Crippen LogP contribution in [0.4, 0.5) is 11.4 Å². The van der Waals surface area contributed by atoms with E-state index < -0.39 is 6.17 Å². The van der Waals surface area contributed by atoms with E-state index in [1.165, 1.54) is 0 Å². The molecule has 7 nitrogen and oxygen atoms in total. The Balaban J connectivity index is 1.43. The monoisotopic (exact) mass is 477 g/mol. The number of nitrogens with one attached hydrogen (secondary N) is 1. The number of carbonyl (C=O) groups excluding carboxylic acids is 2. The predicted molar refractivity (Wildman–Crippen MR) is 131 cm³/mol. The van der Waals surface area contributed by atoms with Gasteiger partial charge in [0, 0.05) is 18.8 Å². The van der Waals surface area contributed by atoms with E-state index in [4.69, 9.17) is 21.1 Å². The van der Waals surface area contributed by atoms with E-state index in [9.17, 15) is 9.59 Å². The molecule has 0 radical (unpaired) electrons. The molecular weight excluding hydrogens is 454 g/mol. The van der Waals surface area contributed by atoms with Crippen molar-refractivity contribution in [2.75, 3.05) is 43.1 Å². The molecule has 0 spiro atoms. The molecule has 2 heterocycles. The molecule has 34 heavy (non-hydrogen) atoms. The highest BCUT2D eigenvalue weighted by molar-refractivity contribution is 6.34. The van der Waals surface area contributed by atoms with Crippen molar-refractivity contribution in [2.24, 2.45) is 0 Å². The van der Waals surface area contributed by atoms with E-state index in [0.717, 1.165) is 5.69 Å². The third kappa shape index (κ3) is 4.32. The summed E-state index contributed by atoms with van der Waals surface area (Å²) in [6, 6.07) is 21.7. The highest BCUT2D eigenvalue weighted by Gasteiger charge is 2.34. The van der Waals surface area contributed by atoms with Crippen LogP contribution in [0.5, 0.6) is 5.75 Å². The van der Waals surface area contributed by atoms with Gasteiger partial charge in [-0.15, -0.1) is 0 Å². The Morgan fingerprint density at radius 1 is 1.00 bits per heavy atom.